The van der Waals surface area contributed by atoms with Gasteiger partial charge in [0.1, 0.15) is 0 Å². The van der Waals surface area contributed by atoms with E-state index in [0.29, 0.717) is 0 Å². The highest BCUT2D eigenvalue weighted by molar-refractivity contribution is 5.94. The molecule has 0 fully saturated rings. The van der Waals surface area contributed by atoms with Gasteiger partial charge in [-0.1, -0.05) is 24.3 Å². The van der Waals surface area contributed by atoms with Gasteiger partial charge in [0.15, 0.2) is 0 Å². The number of carbonyl (C=O) groups excluding carboxylic acids is 1. The average Bonchev–Trinajstić information content (AvgIpc) is 2.55. The molecular formula is C18H20N2O. The molecule has 2 rings (SSSR count). The van der Waals surface area contributed by atoms with Crippen LogP contribution < -0.4 is 0 Å². The van der Waals surface area contributed by atoms with Gasteiger partial charge < -0.3 is 4.90 Å². The second-order valence-corrected chi connectivity index (χ2v) is 4.69. The van der Waals surface area contributed by atoms with Crippen LogP contribution in [0.2, 0.25) is 0 Å². The molecule has 108 valence electrons. The number of nitrogens with zero attached hydrogens (tertiary/aromatic N) is 2. The Morgan fingerprint density at radius 1 is 1.05 bits per heavy atom. The zero-order valence-electron chi connectivity index (χ0n) is 12.5. The third-order valence-corrected chi connectivity index (χ3v) is 3.34. The van der Waals surface area contributed by atoms with Crippen molar-refractivity contribution in [3.8, 4) is 0 Å². The van der Waals surface area contributed by atoms with Crippen LogP contribution in [0.1, 0.15) is 35.5 Å². The van der Waals surface area contributed by atoms with Crippen molar-refractivity contribution in [2.24, 2.45) is 0 Å². The summed E-state index contributed by atoms with van der Waals surface area (Å²) in [6.07, 6.45) is 5.72. The van der Waals surface area contributed by atoms with Gasteiger partial charge in [0.25, 0.3) is 5.91 Å². The molecule has 0 aliphatic heterocycles. The zero-order valence-corrected chi connectivity index (χ0v) is 12.5. The fraction of sp³-hybridized carbons (Fsp3) is 0.222. The van der Waals surface area contributed by atoms with E-state index in [-0.39, 0.29) is 5.91 Å². The molecule has 0 radical (unpaired) electrons. The molecule has 0 bridgehead atoms. The number of benzene rings is 1. The first-order valence-corrected chi connectivity index (χ1v) is 7.23. The maximum atomic E-state index is 12.2. The average molecular weight is 280 g/mol. The van der Waals surface area contributed by atoms with Gasteiger partial charge in [0.2, 0.25) is 0 Å². The maximum absolute atomic E-state index is 12.2. The van der Waals surface area contributed by atoms with Gasteiger partial charge in [-0.15, -0.1) is 0 Å². The number of hydrogen-bond donors (Lipinski definition) is 0. The lowest BCUT2D eigenvalue weighted by Gasteiger charge is -2.18. The smallest absolute Gasteiger partial charge is 0.253 e. The highest BCUT2D eigenvalue weighted by Gasteiger charge is 2.11. The Labute approximate surface area is 125 Å². The molecule has 0 saturated carbocycles. The van der Waals surface area contributed by atoms with E-state index in [1.165, 1.54) is 0 Å². The van der Waals surface area contributed by atoms with Crippen LogP contribution in [0, 0.1) is 0 Å². The van der Waals surface area contributed by atoms with E-state index < -0.39 is 0 Å². The summed E-state index contributed by atoms with van der Waals surface area (Å²) in [5.41, 5.74) is 2.70. The fourth-order valence-electron chi connectivity index (χ4n) is 2.09. The van der Waals surface area contributed by atoms with E-state index in [0.717, 1.165) is 29.9 Å². The molecule has 21 heavy (non-hydrogen) atoms. The lowest BCUT2D eigenvalue weighted by molar-refractivity contribution is 0.0773. The standard InChI is InChI=1S/C18H20N2O/c1-3-20(4-2)18(21)16-11-8-15(9-12-16)10-13-17-7-5-6-14-19-17/h5-14H,3-4H2,1-2H3/b13-10+. The molecule has 0 atom stereocenters. The number of carbonyl (C=O) groups is 1. The van der Waals surface area contributed by atoms with E-state index in [1.807, 2.05) is 73.4 Å². The summed E-state index contributed by atoms with van der Waals surface area (Å²) in [6, 6.07) is 13.5. The molecule has 1 amide bonds. The van der Waals surface area contributed by atoms with Gasteiger partial charge in [0, 0.05) is 24.8 Å². The summed E-state index contributed by atoms with van der Waals surface area (Å²) in [5, 5.41) is 0. The van der Waals surface area contributed by atoms with Gasteiger partial charge in [0.05, 0.1) is 5.69 Å². The van der Waals surface area contributed by atoms with E-state index in [2.05, 4.69) is 4.98 Å². The summed E-state index contributed by atoms with van der Waals surface area (Å²) < 4.78 is 0. The van der Waals surface area contributed by atoms with Crippen molar-refractivity contribution in [1.82, 2.24) is 9.88 Å². The summed E-state index contributed by atoms with van der Waals surface area (Å²) in [4.78, 5) is 18.3. The van der Waals surface area contributed by atoms with Crippen molar-refractivity contribution in [3.63, 3.8) is 0 Å². The molecule has 3 nitrogen and oxygen atoms in total. The lowest BCUT2D eigenvalue weighted by Crippen LogP contribution is -2.30. The number of amides is 1. The first-order valence-electron chi connectivity index (χ1n) is 7.23. The van der Waals surface area contributed by atoms with Crippen LogP contribution >= 0.6 is 0 Å². The predicted molar refractivity (Wildman–Crippen MR) is 86.9 cm³/mol. The monoisotopic (exact) mass is 280 g/mol. The largest absolute Gasteiger partial charge is 0.339 e. The molecule has 0 N–H and O–H groups in total. The quantitative estimate of drug-likeness (QED) is 0.836. The minimum atomic E-state index is 0.0836. The predicted octanol–water partition coefficient (Wildman–Crippen LogP) is 3.73. The van der Waals surface area contributed by atoms with E-state index in [4.69, 9.17) is 0 Å². The Morgan fingerprint density at radius 2 is 1.76 bits per heavy atom. The molecule has 0 aliphatic carbocycles. The Morgan fingerprint density at radius 3 is 2.33 bits per heavy atom. The van der Waals surface area contributed by atoms with Crippen LogP contribution in [-0.2, 0) is 0 Å². The minimum absolute atomic E-state index is 0.0836. The normalized spacial score (nSPS) is 10.8. The second kappa shape index (κ2) is 7.39. The van der Waals surface area contributed by atoms with Crippen LogP contribution in [0.4, 0.5) is 0 Å². The van der Waals surface area contributed by atoms with Gasteiger partial charge >= 0.3 is 0 Å². The Hall–Kier alpha value is -2.42. The Balaban J connectivity index is 2.09. The zero-order chi connectivity index (χ0) is 15.1. The molecule has 1 aromatic heterocycles. The van der Waals surface area contributed by atoms with Gasteiger partial charge in [-0.05, 0) is 49.8 Å². The molecule has 0 aliphatic rings. The van der Waals surface area contributed by atoms with E-state index in [1.54, 1.807) is 6.20 Å². The summed E-state index contributed by atoms with van der Waals surface area (Å²) in [7, 11) is 0. The molecule has 0 spiro atoms. The second-order valence-electron chi connectivity index (χ2n) is 4.69. The van der Waals surface area contributed by atoms with Crippen molar-refractivity contribution in [1.29, 1.82) is 0 Å². The third-order valence-electron chi connectivity index (χ3n) is 3.34. The highest BCUT2D eigenvalue weighted by atomic mass is 16.2. The molecular weight excluding hydrogens is 260 g/mol. The van der Waals surface area contributed by atoms with Crippen LogP contribution in [0.3, 0.4) is 0 Å². The van der Waals surface area contributed by atoms with Gasteiger partial charge in [-0.2, -0.15) is 0 Å². The molecule has 2 aromatic rings. The SMILES string of the molecule is CCN(CC)C(=O)c1ccc(/C=C/c2ccccn2)cc1. The summed E-state index contributed by atoms with van der Waals surface area (Å²) in [5.74, 6) is 0.0836. The molecule has 0 saturated heterocycles. The van der Waals surface area contributed by atoms with Crippen molar-refractivity contribution < 1.29 is 4.79 Å². The van der Waals surface area contributed by atoms with Crippen molar-refractivity contribution in [2.45, 2.75) is 13.8 Å². The Bertz CT molecular complexity index is 599. The van der Waals surface area contributed by atoms with E-state index in [9.17, 15) is 4.79 Å². The van der Waals surface area contributed by atoms with Crippen LogP contribution in [0.15, 0.2) is 48.7 Å². The van der Waals surface area contributed by atoms with Crippen LogP contribution in [-0.4, -0.2) is 28.9 Å². The molecule has 1 aromatic carbocycles. The highest BCUT2D eigenvalue weighted by Crippen LogP contribution is 2.10. The number of hydrogen-bond acceptors (Lipinski definition) is 2. The van der Waals surface area contributed by atoms with Gasteiger partial charge in [-0.25, -0.2) is 0 Å². The van der Waals surface area contributed by atoms with Crippen molar-refractivity contribution in [2.75, 3.05) is 13.1 Å². The van der Waals surface area contributed by atoms with Crippen molar-refractivity contribution >= 4 is 18.1 Å². The number of aromatic nitrogens is 1. The minimum Gasteiger partial charge on any atom is -0.339 e. The molecule has 1 heterocycles. The van der Waals surface area contributed by atoms with Crippen LogP contribution in [0.25, 0.3) is 12.2 Å². The lowest BCUT2D eigenvalue weighted by atomic mass is 10.1. The van der Waals surface area contributed by atoms with Gasteiger partial charge in [-0.3, -0.25) is 9.78 Å². The van der Waals surface area contributed by atoms with Crippen LogP contribution in [0.5, 0.6) is 0 Å². The first-order chi connectivity index (χ1) is 10.2. The Kier molecular flexibility index (Phi) is 5.27. The van der Waals surface area contributed by atoms with E-state index >= 15 is 0 Å². The third kappa shape index (κ3) is 4.02. The van der Waals surface area contributed by atoms with Crippen molar-refractivity contribution in [3.05, 3.63) is 65.5 Å². The summed E-state index contributed by atoms with van der Waals surface area (Å²) in [6.45, 7) is 5.45. The topological polar surface area (TPSA) is 33.2 Å². The molecule has 3 heteroatoms. The fourth-order valence-corrected chi connectivity index (χ4v) is 2.09. The number of rotatable bonds is 5. The summed E-state index contributed by atoms with van der Waals surface area (Å²) >= 11 is 0. The molecule has 0 unspecified atom stereocenters. The number of pyridine rings is 1. The maximum Gasteiger partial charge on any atom is 0.253 e. The first kappa shape index (κ1) is 15.0.